The van der Waals surface area contributed by atoms with E-state index >= 15 is 0 Å². The van der Waals surface area contributed by atoms with Crippen LogP contribution in [0.1, 0.15) is 10.4 Å². The Bertz CT molecular complexity index is 1040. The Morgan fingerprint density at radius 2 is 1.92 bits per heavy atom. The van der Waals surface area contributed by atoms with Gasteiger partial charge in [0.15, 0.2) is 0 Å². The fourth-order valence-corrected chi connectivity index (χ4v) is 3.63. The first-order valence-corrected chi connectivity index (χ1v) is 8.35. The van der Waals surface area contributed by atoms with E-state index in [4.69, 9.17) is 9.72 Å². The average Bonchev–Trinajstić information content (AvgIpc) is 3.12. The number of hydrogen-bond donors (Lipinski definition) is 1. The Balaban J connectivity index is 1.91. The monoisotopic (exact) mass is 334 g/mol. The van der Waals surface area contributed by atoms with Gasteiger partial charge in [0.2, 0.25) is 0 Å². The minimum absolute atomic E-state index is 0.359. The molecule has 0 fully saturated rings. The summed E-state index contributed by atoms with van der Waals surface area (Å²) in [7, 11) is 1.38. The third kappa shape index (κ3) is 2.49. The van der Waals surface area contributed by atoms with Crippen LogP contribution in [0, 0.1) is 0 Å². The van der Waals surface area contributed by atoms with E-state index in [9.17, 15) is 4.79 Å². The molecular formula is C19H14N2O2S. The molecule has 0 aliphatic rings. The zero-order chi connectivity index (χ0) is 16.5. The van der Waals surface area contributed by atoms with E-state index in [0.29, 0.717) is 5.56 Å². The van der Waals surface area contributed by atoms with Crippen molar-refractivity contribution in [2.24, 2.45) is 0 Å². The van der Waals surface area contributed by atoms with Crippen molar-refractivity contribution in [3.63, 3.8) is 0 Å². The third-order valence-corrected chi connectivity index (χ3v) is 4.80. The Hall–Kier alpha value is -2.92. The lowest BCUT2D eigenvalue weighted by Crippen LogP contribution is -2.01. The van der Waals surface area contributed by atoms with E-state index in [1.54, 1.807) is 23.5 Å². The first-order chi connectivity index (χ1) is 11.8. The number of aromatic nitrogens is 1. The Labute approximate surface area is 142 Å². The summed E-state index contributed by atoms with van der Waals surface area (Å²) in [5, 5.41) is 7.52. The lowest BCUT2D eigenvalue weighted by molar-refractivity contribution is 0.0601. The van der Waals surface area contributed by atoms with Gasteiger partial charge < -0.3 is 10.1 Å². The maximum Gasteiger partial charge on any atom is 0.337 e. The molecule has 0 bridgehead atoms. The molecule has 118 valence electrons. The number of rotatable bonds is 3. The molecule has 0 spiro atoms. The van der Waals surface area contributed by atoms with Crippen molar-refractivity contribution in [2.45, 2.75) is 0 Å². The highest BCUT2D eigenvalue weighted by Gasteiger charge is 2.13. The van der Waals surface area contributed by atoms with E-state index in [2.05, 4.69) is 16.8 Å². The van der Waals surface area contributed by atoms with Gasteiger partial charge in [-0.3, -0.25) is 0 Å². The molecule has 5 heteroatoms. The van der Waals surface area contributed by atoms with Crippen LogP contribution in [-0.4, -0.2) is 18.1 Å². The largest absolute Gasteiger partial charge is 0.465 e. The molecule has 0 saturated carbocycles. The lowest BCUT2D eigenvalue weighted by atomic mass is 10.1. The number of fused-ring (bicyclic) bond motifs is 3. The highest BCUT2D eigenvalue weighted by Crippen LogP contribution is 2.35. The summed E-state index contributed by atoms with van der Waals surface area (Å²) in [5.74, 6) is 0.425. The maximum atomic E-state index is 11.8. The zero-order valence-electron chi connectivity index (χ0n) is 12.9. The molecule has 4 aromatic rings. The summed E-state index contributed by atoms with van der Waals surface area (Å²) in [6.07, 6.45) is 0. The normalized spacial score (nSPS) is 10.9. The third-order valence-electron chi connectivity index (χ3n) is 3.85. The first kappa shape index (κ1) is 14.7. The van der Waals surface area contributed by atoms with Crippen molar-refractivity contribution < 1.29 is 9.53 Å². The number of nitrogens with zero attached hydrogens (tertiary/aromatic N) is 1. The first-order valence-electron chi connectivity index (χ1n) is 7.47. The summed E-state index contributed by atoms with van der Waals surface area (Å²) in [6, 6.07) is 17.5. The summed E-state index contributed by atoms with van der Waals surface area (Å²) in [4.78, 5) is 16.5. The predicted molar refractivity (Wildman–Crippen MR) is 98.2 cm³/mol. The van der Waals surface area contributed by atoms with Gasteiger partial charge in [0.1, 0.15) is 5.82 Å². The number of esters is 1. The highest BCUT2D eigenvalue weighted by atomic mass is 32.1. The zero-order valence-corrected chi connectivity index (χ0v) is 13.8. The second kappa shape index (κ2) is 5.94. The molecule has 24 heavy (non-hydrogen) atoms. The standard InChI is InChI=1S/C19H14N2O2S/c1-23-19(22)12-7-8-14-16(11-12)21-18(15-9-10-24-17(14)15)20-13-5-3-2-4-6-13/h2-11H,1H3,(H,20,21). The average molecular weight is 334 g/mol. The van der Waals surface area contributed by atoms with Gasteiger partial charge in [-0.1, -0.05) is 24.3 Å². The molecule has 0 atom stereocenters. The summed E-state index contributed by atoms with van der Waals surface area (Å²) >= 11 is 1.67. The van der Waals surface area contributed by atoms with Crippen molar-refractivity contribution in [3.8, 4) is 0 Å². The van der Waals surface area contributed by atoms with Crippen LogP contribution in [0.25, 0.3) is 21.0 Å². The fraction of sp³-hybridized carbons (Fsp3) is 0.0526. The van der Waals surface area contributed by atoms with Crippen molar-refractivity contribution in [2.75, 3.05) is 12.4 Å². The molecule has 0 saturated heterocycles. The molecule has 2 aromatic carbocycles. The minimum Gasteiger partial charge on any atom is -0.465 e. The maximum absolute atomic E-state index is 11.8. The number of nitrogens with one attached hydrogen (secondary N) is 1. The number of carbonyl (C=O) groups excluding carboxylic acids is 1. The quantitative estimate of drug-likeness (QED) is 0.537. The van der Waals surface area contributed by atoms with E-state index in [1.807, 2.05) is 36.4 Å². The van der Waals surface area contributed by atoms with Gasteiger partial charge >= 0.3 is 5.97 Å². The van der Waals surface area contributed by atoms with Crippen LogP contribution in [0.5, 0.6) is 0 Å². The van der Waals surface area contributed by atoms with Gasteiger partial charge in [-0.2, -0.15) is 0 Å². The number of thiophene rings is 1. The molecule has 0 aliphatic heterocycles. The smallest absolute Gasteiger partial charge is 0.337 e. The van der Waals surface area contributed by atoms with Gasteiger partial charge in [0.05, 0.1) is 18.2 Å². The molecule has 4 rings (SSSR count). The molecule has 0 radical (unpaired) electrons. The molecule has 4 nitrogen and oxygen atoms in total. The number of hydrogen-bond acceptors (Lipinski definition) is 5. The minimum atomic E-state index is -0.359. The van der Waals surface area contributed by atoms with Crippen molar-refractivity contribution >= 4 is 49.8 Å². The summed E-state index contributed by atoms with van der Waals surface area (Å²) in [6.45, 7) is 0. The van der Waals surface area contributed by atoms with Gasteiger partial charge in [-0.05, 0) is 35.7 Å². The number of pyridine rings is 1. The van der Waals surface area contributed by atoms with Crippen LogP contribution < -0.4 is 5.32 Å². The Kier molecular flexibility index (Phi) is 3.63. The second-order valence-corrected chi connectivity index (χ2v) is 6.25. The lowest BCUT2D eigenvalue weighted by Gasteiger charge is -2.10. The molecule has 0 amide bonds. The van der Waals surface area contributed by atoms with E-state index in [-0.39, 0.29) is 5.97 Å². The summed E-state index contributed by atoms with van der Waals surface area (Å²) in [5.41, 5.74) is 2.24. The molecule has 2 heterocycles. The molecule has 0 unspecified atom stereocenters. The van der Waals surface area contributed by atoms with Crippen molar-refractivity contribution in [3.05, 3.63) is 65.5 Å². The van der Waals surface area contributed by atoms with Crippen LogP contribution in [0.4, 0.5) is 11.5 Å². The molecule has 2 aromatic heterocycles. The molecular weight excluding hydrogens is 320 g/mol. The van der Waals surface area contributed by atoms with E-state index < -0.39 is 0 Å². The topological polar surface area (TPSA) is 51.2 Å². The summed E-state index contributed by atoms with van der Waals surface area (Å²) < 4.78 is 5.95. The van der Waals surface area contributed by atoms with Crippen LogP contribution in [-0.2, 0) is 4.74 Å². The van der Waals surface area contributed by atoms with Crippen LogP contribution in [0.2, 0.25) is 0 Å². The van der Waals surface area contributed by atoms with E-state index in [1.165, 1.54) is 7.11 Å². The van der Waals surface area contributed by atoms with Gasteiger partial charge in [-0.25, -0.2) is 9.78 Å². The van der Waals surface area contributed by atoms with Gasteiger partial charge in [0.25, 0.3) is 0 Å². The number of carbonyl (C=O) groups is 1. The van der Waals surface area contributed by atoms with Crippen molar-refractivity contribution in [1.29, 1.82) is 0 Å². The number of benzene rings is 2. The van der Waals surface area contributed by atoms with E-state index in [0.717, 1.165) is 32.5 Å². The van der Waals surface area contributed by atoms with Crippen LogP contribution in [0.15, 0.2) is 60.0 Å². The van der Waals surface area contributed by atoms with Crippen molar-refractivity contribution in [1.82, 2.24) is 4.98 Å². The second-order valence-electron chi connectivity index (χ2n) is 5.34. The van der Waals surface area contributed by atoms with Gasteiger partial charge in [-0.15, -0.1) is 11.3 Å². The van der Waals surface area contributed by atoms with Gasteiger partial charge in [0, 0.05) is 21.2 Å². The fourth-order valence-electron chi connectivity index (χ4n) is 2.70. The Morgan fingerprint density at radius 1 is 1.08 bits per heavy atom. The SMILES string of the molecule is COC(=O)c1ccc2c(c1)nc(Nc1ccccc1)c1ccsc12. The highest BCUT2D eigenvalue weighted by molar-refractivity contribution is 7.18. The number of anilines is 2. The Morgan fingerprint density at radius 3 is 2.71 bits per heavy atom. The molecule has 1 N–H and O–H groups in total. The van der Waals surface area contributed by atoms with Crippen LogP contribution >= 0.6 is 11.3 Å². The predicted octanol–water partition coefficient (Wildman–Crippen LogP) is 4.98. The number of para-hydroxylation sites is 1. The van der Waals surface area contributed by atoms with Crippen LogP contribution in [0.3, 0.4) is 0 Å². The molecule has 0 aliphatic carbocycles. The number of methoxy groups -OCH3 is 1. The number of ether oxygens (including phenoxy) is 1.